The fraction of sp³-hybridized carbons (Fsp3) is 0.105. The van der Waals surface area contributed by atoms with E-state index in [9.17, 15) is 4.79 Å². The zero-order valence-corrected chi connectivity index (χ0v) is 14.4. The Morgan fingerprint density at radius 3 is 2.68 bits per heavy atom. The summed E-state index contributed by atoms with van der Waals surface area (Å²) in [6.45, 7) is 2.11. The normalized spacial score (nSPS) is 10.1. The van der Waals surface area contributed by atoms with E-state index in [1.807, 2.05) is 36.6 Å². The Labute approximate surface area is 150 Å². The maximum absolute atomic E-state index is 12.1. The molecule has 3 aromatic rings. The van der Waals surface area contributed by atoms with Gasteiger partial charge in [0.1, 0.15) is 0 Å². The van der Waals surface area contributed by atoms with E-state index in [1.165, 1.54) is 0 Å². The molecular formula is C19H16N4OS. The Morgan fingerprint density at radius 2 is 2.00 bits per heavy atom. The number of thiazole rings is 1. The summed E-state index contributed by atoms with van der Waals surface area (Å²) in [7, 11) is 0. The van der Waals surface area contributed by atoms with Crippen LogP contribution in [0.3, 0.4) is 0 Å². The van der Waals surface area contributed by atoms with Gasteiger partial charge in [-0.2, -0.15) is 5.26 Å². The molecule has 3 rings (SSSR count). The van der Waals surface area contributed by atoms with Crippen LogP contribution >= 0.6 is 11.3 Å². The predicted octanol–water partition coefficient (Wildman–Crippen LogP) is 4.04. The van der Waals surface area contributed by atoms with Crippen molar-refractivity contribution in [3.8, 4) is 17.3 Å². The Bertz CT molecular complexity index is 925. The third kappa shape index (κ3) is 4.43. The molecule has 5 nitrogen and oxygen atoms in total. The molecule has 0 unspecified atom stereocenters. The molecule has 2 aromatic carbocycles. The quantitative estimate of drug-likeness (QED) is 0.729. The summed E-state index contributed by atoms with van der Waals surface area (Å²) in [5, 5.41) is 17.7. The Kier molecular flexibility index (Phi) is 5.07. The van der Waals surface area contributed by atoms with Gasteiger partial charge in [0.05, 0.1) is 28.9 Å². The molecule has 0 aliphatic rings. The van der Waals surface area contributed by atoms with Crippen molar-refractivity contribution in [1.29, 1.82) is 5.26 Å². The van der Waals surface area contributed by atoms with E-state index in [0.29, 0.717) is 5.56 Å². The zero-order chi connectivity index (χ0) is 17.6. The number of benzene rings is 2. The molecule has 0 fully saturated rings. The first kappa shape index (κ1) is 16.7. The number of carbonyl (C=O) groups excluding carboxylic acids is 1. The first-order chi connectivity index (χ1) is 12.1. The zero-order valence-electron chi connectivity index (χ0n) is 13.6. The second-order valence-corrected chi connectivity index (χ2v) is 6.49. The van der Waals surface area contributed by atoms with E-state index in [-0.39, 0.29) is 12.5 Å². The van der Waals surface area contributed by atoms with Gasteiger partial charge in [0, 0.05) is 22.3 Å². The molecule has 0 radical (unpaired) electrons. The van der Waals surface area contributed by atoms with Crippen LogP contribution in [0.5, 0.6) is 0 Å². The standard InChI is InChI=1S/C19H16N4OS/c1-13-22-18(12-25-13)15-3-2-4-17(9-15)23-19(24)11-21-16-7-5-14(10-20)6-8-16/h2-9,12,21H,11H2,1H3,(H,23,24). The molecule has 0 aliphatic carbocycles. The maximum Gasteiger partial charge on any atom is 0.243 e. The van der Waals surface area contributed by atoms with Crippen molar-refractivity contribution in [2.24, 2.45) is 0 Å². The molecule has 25 heavy (non-hydrogen) atoms. The number of hydrogen-bond donors (Lipinski definition) is 2. The first-order valence-corrected chi connectivity index (χ1v) is 8.58. The summed E-state index contributed by atoms with van der Waals surface area (Å²) in [5.74, 6) is -0.143. The summed E-state index contributed by atoms with van der Waals surface area (Å²) in [6, 6.07) is 16.7. The van der Waals surface area contributed by atoms with Crippen molar-refractivity contribution >= 4 is 28.6 Å². The van der Waals surface area contributed by atoms with Crippen molar-refractivity contribution in [2.45, 2.75) is 6.92 Å². The lowest BCUT2D eigenvalue weighted by Crippen LogP contribution is -2.21. The molecule has 124 valence electrons. The number of nitrogens with one attached hydrogen (secondary N) is 2. The number of hydrogen-bond acceptors (Lipinski definition) is 5. The molecule has 1 heterocycles. The van der Waals surface area contributed by atoms with Gasteiger partial charge in [-0.1, -0.05) is 12.1 Å². The molecule has 0 bridgehead atoms. The lowest BCUT2D eigenvalue weighted by Gasteiger charge is -2.09. The van der Waals surface area contributed by atoms with E-state index in [2.05, 4.69) is 21.7 Å². The monoisotopic (exact) mass is 348 g/mol. The van der Waals surface area contributed by atoms with E-state index < -0.39 is 0 Å². The highest BCUT2D eigenvalue weighted by molar-refractivity contribution is 7.09. The van der Waals surface area contributed by atoms with Crippen LogP contribution in [-0.4, -0.2) is 17.4 Å². The molecule has 1 aromatic heterocycles. The molecule has 0 saturated carbocycles. The number of anilines is 2. The smallest absolute Gasteiger partial charge is 0.243 e. The fourth-order valence-corrected chi connectivity index (χ4v) is 2.92. The summed E-state index contributed by atoms with van der Waals surface area (Å²) in [4.78, 5) is 16.6. The van der Waals surface area contributed by atoms with Crippen LogP contribution < -0.4 is 10.6 Å². The van der Waals surface area contributed by atoms with E-state index >= 15 is 0 Å². The molecule has 1 amide bonds. The minimum absolute atomic E-state index is 0.143. The molecule has 2 N–H and O–H groups in total. The third-order valence-corrected chi connectivity index (χ3v) is 4.30. The van der Waals surface area contributed by atoms with Crippen LogP contribution in [0, 0.1) is 18.3 Å². The molecule has 0 spiro atoms. The minimum Gasteiger partial charge on any atom is -0.376 e. The van der Waals surface area contributed by atoms with Crippen LogP contribution in [0.4, 0.5) is 11.4 Å². The number of nitriles is 1. The van der Waals surface area contributed by atoms with Gasteiger partial charge in [-0.25, -0.2) is 4.98 Å². The highest BCUT2D eigenvalue weighted by atomic mass is 32.1. The van der Waals surface area contributed by atoms with E-state index in [1.54, 1.807) is 35.6 Å². The third-order valence-electron chi connectivity index (χ3n) is 3.53. The van der Waals surface area contributed by atoms with Gasteiger partial charge < -0.3 is 10.6 Å². The Balaban J connectivity index is 1.60. The lowest BCUT2D eigenvalue weighted by molar-refractivity contribution is -0.114. The molecule has 6 heteroatoms. The van der Waals surface area contributed by atoms with Crippen molar-refractivity contribution in [2.75, 3.05) is 17.2 Å². The fourth-order valence-electron chi connectivity index (χ4n) is 2.30. The summed E-state index contributed by atoms with van der Waals surface area (Å²) >= 11 is 1.60. The van der Waals surface area contributed by atoms with Crippen molar-refractivity contribution in [3.63, 3.8) is 0 Å². The maximum atomic E-state index is 12.1. The lowest BCUT2D eigenvalue weighted by atomic mass is 10.1. The second kappa shape index (κ2) is 7.60. The van der Waals surface area contributed by atoms with E-state index in [0.717, 1.165) is 27.6 Å². The summed E-state index contributed by atoms with van der Waals surface area (Å²) in [5.41, 5.74) is 4.00. The molecule has 0 saturated heterocycles. The van der Waals surface area contributed by atoms with Crippen LogP contribution in [-0.2, 0) is 4.79 Å². The highest BCUT2D eigenvalue weighted by Crippen LogP contribution is 2.24. The molecule has 0 atom stereocenters. The first-order valence-electron chi connectivity index (χ1n) is 7.70. The average Bonchev–Trinajstić information content (AvgIpc) is 3.07. The van der Waals surface area contributed by atoms with Crippen LogP contribution in [0.25, 0.3) is 11.3 Å². The number of amides is 1. The SMILES string of the molecule is Cc1nc(-c2cccc(NC(=O)CNc3ccc(C#N)cc3)c2)cs1. The Hall–Kier alpha value is -3.17. The largest absolute Gasteiger partial charge is 0.376 e. The van der Waals surface area contributed by atoms with Gasteiger partial charge in [-0.3, -0.25) is 4.79 Å². The topological polar surface area (TPSA) is 77.8 Å². The molecule has 0 aliphatic heterocycles. The van der Waals surface area contributed by atoms with Gasteiger partial charge in [0.25, 0.3) is 0 Å². The van der Waals surface area contributed by atoms with Gasteiger partial charge in [0.2, 0.25) is 5.91 Å². The van der Waals surface area contributed by atoms with Gasteiger partial charge >= 0.3 is 0 Å². The highest BCUT2D eigenvalue weighted by Gasteiger charge is 2.06. The van der Waals surface area contributed by atoms with Crippen LogP contribution in [0.2, 0.25) is 0 Å². The van der Waals surface area contributed by atoms with Crippen LogP contribution in [0.15, 0.2) is 53.9 Å². The number of aryl methyl sites for hydroxylation is 1. The summed E-state index contributed by atoms with van der Waals surface area (Å²) in [6.07, 6.45) is 0. The van der Waals surface area contributed by atoms with Gasteiger partial charge in [-0.15, -0.1) is 11.3 Å². The van der Waals surface area contributed by atoms with E-state index in [4.69, 9.17) is 5.26 Å². The van der Waals surface area contributed by atoms with Crippen molar-refractivity contribution in [3.05, 3.63) is 64.5 Å². The average molecular weight is 348 g/mol. The predicted molar refractivity (Wildman–Crippen MR) is 101 cm³/mol. The number of nitrogens with zero attached hydrogens (tertiary/aromatic N) is 2. The minimum atomic E-state index is -0.143. The van der Waals surface area contributed by atoms with Gasteiger partial charge in [-0.05, 0) is 43.3 Å². The number of carbonyl (C=O) groups is 1. The van der Waals surface area contributed by atoms with Crippen molar-refractivity contribution < 1.29 is 4.79 Å². The summed E-state index contributed by atoms with van der Waals surface area (Å²) < 4.78 is 0. The van der Waals surface area contributed by atoms with Crippen LogP contribution in [0.1, 0.15) is 10.6 Å². The Morgan fingerprint density at radius 1 is 1.20 bits per heavy atom. The number of rotatable bonds is 5. The second-order valence-electron chi connectivity index (χ2n) is 5.42. The van der Waals surface area contributed by atoms with Crippen molar-refractivity contribution in [1.82, 2.24) is 4.98 Å². The number of aromatic nitrogens is 1. The van der Waals surface area contributed by atoms with Gasteiger partial charge in [0.15, 0.2) is 0 Å². The molecular weight excluding hydrogens is 332 g/mol.